The zero-order valence-electron chi connectivity index (χ0n) is 9.87. The van der Waals surface area contributed by atoms with E-state index in [4.69, 9.17) is 0 Å². The first-order chi connectivity index (χ1) is 8.15. The number of hydrogen-bond donors (Lipinski definition) is 1. The molecule has 0 saturated heterocycles. The Hall–Kier alpha value is -1.42. The van der Waals surface area contributed by atoms with E-state index in [1.807, 2.05) is 13.0 Å². The van der Waals surface area contributed by atoms with Crippen LogP contribution in [-0.2, 0) is 6.54 Å². The van der Waals surface area contributed by atoms with Gasteiger partial charge in [0.1, 0.15) is 5.82 Å². The number of hydrogen-bond acceptors (Lipinski definition) is 3. The Morgan fingerprint density at radius 1 is 1.24 bits per heavy atom. The van der Waals surface area contributed by atoms with E-state index in [1.165, 1.54) is 5.56 Å². The average Bonchev–Trinajstić information content (AvgIpc) is 2.28. The van der Waals surface area contributed by atoms with E-state index >= 15 is 0 Å². The third-order valence-corrected chi connectivity index (χ3v) is 3.07. The molecular formula is C13H14BrN3. The Labute approximate surface area is 109 Å². The summed E-state index contributed by atoms with van der Waals surface area (Å²) in [5.74, 6) is 0.798. The van der Waals surface area contributed by atoms with E-state index in [1.54, 1.807) is 6.20 Å². The first-order valence-corrected chi connectivity index (χ1v) is 6.23. The van der Waals surface area contributed by atoms with Crippen molar-refractivity contribution >= 4 is 21.6 Å². The summed E-state index contributed by atoms with van der Waals surface area (Å²) in [7, 11) is 0. The van der Waals surface area contributed by atoms with E-state index in [9.17, 15) is 0 Å². The van der Waals surface area contributed by atoms with Gasteiger partial charge in [-0.25, -0.2) is 9.97 Å². The minimum atomic E-state index is 0.699. The molecule has 4 heteroatoms. The summed E-state index contributed by atoms with van der Waals surface area (Å²) >= 11 is 3.54. The molecule has 0 aliphatic carbocycles. The Kier molecular flexibility index (Phi) is 3.74. The third-order valence-electron chi connectivity index (χ3n) is 2.42. The van der Waals surface area contributed by atoms with Crippen LogP contribution in [0.4, 0.5) is 5.69 Å². The second-order valence-electron chi connectivity index (χ2n) is 3.93. The topological polar surface area (TPSA) is 37.8 Å². The van der Waals surface area contributed by atoms with Gasteiger partial charge < -0.3 is 5.32 Å². The second kappa shape index (κ2) is 5.27. The van der Waals surface area contributed by atoms with Gasteiger partial charge in [0.2, 0.25) is 0 Å². The molecule has 17 heavy (non-hydrogen) atoms. The van der Waals surface area contributed by atoms with Gasteiger partial charge in [0.05, 0.1) is 12.2 Å². The molecule has 0 aliphatic heterocycles. The Morgan fingerprint density at radius 3 is 2.76 bits per heavy atom. The summed E-state index contributed by atoms with van der Waals surface area (Å²) in [6, 6.07) is 8.15. The Bertz CT molecular complexity index is 526. The zero-order chi connectivity index (χ0) is 12.3. The summed E-state index contributed by atoms with van der Waals surface area (Å²) in [4.78, 5) is 8.42. The average molecular weight is 292 g/mol. The standard InChI is InChI=1S/C13H14BrN3/c1-9-3-4-13(12(14)7-9)16-8-11-5-6-15-10(2)17-11/h3-7,16H,8H2,1-2H3. The summed E-state index contributed by atoms with van der Waals surface area (Å²) in [6.45, 7) is 4.67. The van der Waals surface area contributed by atoms with Crippen LogP contribution in [0.15, 0.2) is 34.9 Å². The highest BCUT2D eigenvalue weighted by Crippen LogP contribution is 2.23. The molecule has 1 N–H and O–H groups in total. The molecule has 0 saturated carbocycles. The van der Waals surface area contributed by atoms with Crippen molar-refractivity contribution in [2.75, 3.05) is 5.32 Å². The number of nitrogens with one attached hydrogen (secondary N) is 1. The van der Waals surface area contributed by atoms with Crippen LogP contribution in [0.2, 0.25) is 0 Å². The fraction of sp³-hybridized carbons (Fsp3) is 0.231. The highest BCUT2D eigenvalue weighted by atomic mass is 79.9. The number of anilines is 1. The zero-order valence-corrected chi connectivity index (χ0v) is 11.5. The molecule has 0 amide bonds. The highest BCUT2D eigenvalue weighted by molar-refractivity contribution is 9.10. The van der Waals surface area contributed by atoms with Crippen LogP contribution in [0.1, 0.15) is 17.1 Å². The van der Waals surface area contributed by atoms with Crippen LogP contribution in [0.25, 0.3) is 0 Å². The predicted octanol–water partition coefficient (Wildman–Crippen LogP) is 3.47. The van der Waals surface area contributed by atoms with Crippen LogP contribution in [0.3, 0.4) is 0 Å². The third kappa shape index (κ3) is 3.27. The lowest BCUT2D eigenvalue weighted by Crippen LogP contribution is -2.03. The molecular weight excluding hydrogens is 278 g/mol. The van der Waals surface area contributed by atoms with E-state index < -0.39 is 0 Å². The van der Waals surface area contributed by atoms with E-state index in [0.29, 0.717) is 6.54 Å². The molecule has 0 spiro atoms. The van der Waals surface area contributed by atoms with Crippen LogP contribution in [0.5, 0.6) is 0 Å². The van der Waals surface area contributed by atoms with Gasteiger partial charge in [0.15, 0.2) is 0 Å². The number of nitrogens with zero attached hydrogens (tertiary/aromatic N) is 2. The lowest BCUT2D eigenvalue weighted by atomic mass is 10.2. The fourth-order valence-electron chi connectivity index (χ4n) is 1.55. The lowest BCUT2D eigenvalue weighted by Gasteiger charge is -2.09. The monoisotopic (exact) mass is 291 g/mol. The molecule has 3 nitrogen and oxygen atoms in total. The van der Waals surface area contributed by atoms with Crippen molar-refractivity contribution in [1.29, 1.82) is 0 Å². The number of rotatable bonds is 3. The van der Waals surface area contributed by atoms with Gasteiger partial charge in [-0.05, 0) is 53.5 Å². The van der Waals surface area contributed by atoms with Crippen LogP contribution >= 0.6 is 15.9 Å². The summed E-state index contributed by atoms with van der Waals surface area (Å²) < 4.78 is 1.07. The van der Waals surface area contributed by atoms with Crippen molar-refractivity contribution in [2.45, 2.75) is 20.4 Å². The number of aryl methyl sites for hydroxylation is 2. The maximum Gasteiger partial charge on any atom is 0.125 e. The predicted molar refractivity (Wildman–Crippen MR) is 73.0 cm³/mol. The highest BCUT2D eigenvalue weighted by Gasteiger charge is 2.00. The molecule has 0 aliphatic rings. The second-order valence-corrected chi connectivity index (χ2v) is 4.79. The fourth-order valence-corrected chi connectivity index (χ4v) is 2.19. The maximum atomic E-state index is 4.35. The summed E-state index contributed by atoms with van der Waals surface area (Å²) in [6.07, 6.45) is 1.78. The lowest BCUT2D eigenvalue weighted by molar-refractivity contribution is 0.955. The summed E-state index contributed by atoms with van der Waals surface area (Å²) in [5.41, 5.74) is 3.30. The Morgan fingerprint density at radius 2 is 2.06 bits per heavy atom. The molecule has 1 heterocycles. The van der Waals surface area contributed by atoms with Crippen LogP contribution in [0, 0.1) is 13.8 Å². The van der Waals surface area contributed by atoms with Gasteiger partial charge in [-0.1, -0.05) is 6.07 Å². The number of halogens is 1. The van der Waals surface area contributed by atoms with Crippen molar-refractivity contribution in [3.8, 4) is 0 Å². The van der Waals surface area contributed by atoms with Crippen LogP contribution in [-0.4, -0.2) is 9.97 Å². The number of aromatic nitrogens is 2. The molecule has 0 radical (unpaired) electrons. The molecule has 88 valence electrons. The minimum absolute atomic E-state index is 0.699. The van der Waals surface area contributed by atoms with Crippen molar-refractivity contribution in [2.24, 2.45) is 0 Å². The normalized spacial score (nSPS) is 10.3. The quantitative estimate of drug-likeness (QED) is 0.941. The van der Waals surface area contributed by atoms with Gasteiger partial charge in [-0.15, -0.1) is 0 Å². The molecule has 2 aromatic rings. The first kappa shape index (κ1) is 12.0. The van der Waals surface area contributed by atoms with Crippen LogP contribution < -0.4 is 5.32 Å². The van der Waals surface area contributed by atoms with Crippen molar-refractivity contribution in [3.63, 3.8) is 0 Å². The molecule has 2 rings (SSSR count). The molecule has 1 aromatic carbocycles. The van der Waals surface area contributed by atoms with Crippen molar-refractivity contribution in [1.82, 2.24) is 9.97 Å². The van der Waals surface area contributed by atoms with Gasteiger partial charge in [-0.2, -0.15) is 0 Å². The smallest absolute Gasteiger partial charge is 0.125 e. The van der Waals surface area contributed by atoms with Gasteiger partial charge >= 0.3 is 0 Å². The van der Waals surface area contributed by atoms with Gasteiger partial charge in [-0.3, -0.25) is 0 Å². The van der Waals surface area contributed by atoms with Crippen molar-refractivity contribution in [3.05, 3.63) is 52.0 Å². The minimum Gasteiger partial charge on any atom is -0.378 e. The first-order valence-electron chi connectivity index (χ1n) is 5.44. The molecule has 0 atom stereocenters. The van der Waals surface area contributed by atoms with Gasteiger partial charge in [0, 0.05) is 16.4 Å². The van der Waals surface area contributed by atoms with E-state index in [2.05, 4.69) is 56.3 Å². The molecule has 0 unspecified atom stereocenters. The molecule has 0 bridgehead atoms. The molecule has 0 fully saturated rings. The van der Waals surface area contributed by atoms with Gasteiger partial charge in [0.25, 0.3) is 0 Å². The van der Waals surface area contributed by atoms with Crippen molar-refractivity contribution < 1.29 is 0 Å². The largest absolute Gasteiger partial charge is 0.378 e. The Balaban J connectivity index is 2.07. The SMILES string of the molecule is Cc1ccc(NCc2ccnc(C)n2)c(Br)c1. The van der Waals surface area contributed by atoms with E-state index in [0.717, 1.165) is 21.7 Å². The number of benzene rings is 1. The maximum absolute atomic E-state index is 4.35. The molecule has 1 aromatic heterocycles. The summed E-state index contributed by atoms with van der Waals surface area (Å²) in [5, 5.41) is 3.35. The van der Waals surface area contributed by atoms with E-state index in [-0.39, 0.29) is 0 Å².